The summed E-state index contributed by atoms with van der Waals surface area (Å²) < 4.78 is 41.7. The van der Waals surface area contributed by atoms with Gasteiger partial charge >= 0.3 is 6.18 Å². The van der Waals surface area contributed by atoms with E-state index in [-0.39, 0.29) is 88.5 Å². The third kappa shape index (κ3) is 18.5. The van der Waals surface area contributed by atoms with E-state index in [9.17, 15) is 61.1 Å². The first kappa shape index (κ1) is 72.3. The topological polar surface area (TPSA) is 259 Å². The van der Waals surface area contributed by atoms with Crippen LogP contribution in [0.15, 0.2) is 0 Å². The quantitative estimate of drug-likeness (QED) is 0.232. The van der Waals surface area contributed by atoms with Gasteiger partial charge in [0.2, 0.25) is 65.0 Å². The van der Waals surface area contributed by atoms with Crippen molar-refractivity contribution in [3.8, 4) is 0 Å². The van der Waals surface area contributed by atoms with Crippen LogP contribution in [0.5, 0.6) is 0 Å². The number of hydrogen-bond acceptors (Lipinski definition) is 11. The maximum atomic E-state index is 15.0. The Balaban J connectivity index is 1.33. The molecular formula is C63H101ClF3N11O11. The highest BCUT2D eigenvalue weighted by Crippen LogP contribution is 2.44. The van der Waals surface area contributed by atoms with Gasteiger partial charge < -0.3 is 55.6 Å². The molecule has 0 aromatic rings. The molecule has 0 bridgehead atoms. The van der Waals surface area contributed by atoms with Gasteiger partial charge in [0.15, 0.2) is 0 Å². The third-order valence-electron chi connectivity index (χ3n) is 20.0. The number of carbonyl (C=O) groups excluding carboxylic acids is 11. The van der Waals surface area contributed by atoms with Crippen LogP contribution in [0.1, 0.15) is 169 Å². The van der Waals surface area contributed by atoms with Crippen LogP contribution in [0.2, 0.25) is 0 Å². The zero-order valence-corrected chi connectivity index (χ0v) is 55.1. The molecule has 0 radical (unpaired) electrons. The Hall–Kier alpha value is -5.75. The van der Waals surface area contributed by atoms with Crippen LogP contribution in [0.4, 0.5) is 13.2 Å². The zero-order chi connectivity index (χ0) is 66.0. The van der Waals surface area contributed by atoms with Crippen molar-refractivity contribution in [1.29, 1.82) is 0 Å². The highest BCUT2D eigenvalue weighted by Gasteiger charge is 2.51. The Morgan fingerprint density at radius 2 is 1.25 bits per heavy atom. The van der Waals surface area contributed by atoms with Crippen molar-refractivity contribution in [3.05, 3.63) is 0 Å². The number of amides is 11. The smallest absolute Gasteiger partial charge is 0.351 e. The average molecular weight is 1280 g/mol. The number of carbonyl (C=O) groups is 11. The highest BCUT2D eigenvalue weighted by molar-refractivity contribution is 6.20. The maximum absolute atomic E-state index is 15.0. The number of alkyl halides is 4. The Morgan fingerprint density at radius 1 is 0.618 bits per heavy atom. The van der Waals surface area contributed by atoms with Gasteiger partial charge in [0, 0.05) is 66.7 Å². The van der Waals surface area contributed by atoms with E-state index in [2.05, 4.69) is 21.3 Å². The monoisotopic (exact) mass is 1280 g/mol. The van der Waals surface area contributed by atoms with E-state index in [0.717, 1.165) is 41.9 Å². The predicted octanol–water partition coefficient (Wildman–Crippen LogP) is 4.59. The number of nitrogens with zero attached hydrogens (tertiary/aromatic N) is 7. The van der Waals surface area contributed by atoms with Gasteiger partial charge in [-0.25, -0.2) is 0 Å². The summed E-state index contributed by atoms with van der Waals surface area (Å²) in [6.07, 6.45) is 4.06. The van der Waals surface area contributed by atoms with Crippen molar-refractivity contribution in [2.45, 2.75) is 229 Å². The number of fused-ring (bicyclic) bond motifs is 1. The van der Waals surface area contributed by atoms with Gasteiger partial charge in [-0.05, 0) is 114 Å². The van der Waals surface area contributed by atoms with Crippen LogP contribution >= 0.6 is 11.6 Å². The van der Waals surface area contributed by atoms with Crippen molar-refractivity contribution >= 4 is 76.6 Å². The van der Waals surface area contributed by atoms with E-state index in [1.54, 1.807) is 27.7 Å². The molecule has 4 N–H and O–H groups in total. The minimum absolute atomic E-state index is 0.0163. The van der Waals surface area contributed by atoms with Crippen LogP contribution in [-0.2, 0) is 52.7 Å². The highest BCUT2D eigenvalue weighted by atomic mass is 35.5. The SMILES string of the molecule is CC[C@H](C)[C@@H]1NC(=O)[C@H](C2CC2)N(C)C(=O)C[C@@H](C)NC(=O)[C@H](C(C)C)N(C)C(=O)C2(CCCC2)NC(=O)[C@@H]2CCCN2C(=O)[C@H](CCC2CCC(C(F)(F)F)C(Cl)C2)NC(=O)CN(C)C(=O)[C@H](CC2CCCCC2)N(C)C(=O)CN(C)C(=O)CN(C)C1=O. The molecule has 26 heteroatoms. The zero-order valence-electron chi connectivity index (χ0n) is 54.4. The number of halogens is 4. The lowest BCUT2D eigenvalue weighted by Gasteiger charge is -2.39. The molecule has 6 fully saturated rings. The van der Waals surface area contributed by atoms with Crippen LogP contribution < -0.4 is 21.3 Å². The standard InChI is InChI=1S/C63H101ClF3N11O11/c1-12-38(4)52-60(88)74(8)35-50(81)72(6)36-51(82)75(9)47(33-40-19-14-13-15-20-40)59(87)73(7)34-48(79)69-45(27-23-41-22-26-43(44(64)32-41)63(65,66)67)58(86)78-30-18-21-46(78)55(83)71-62(28-16-17-29-62)61(89)77(11)53(37(2)3)56(84)68-39(5)31-49(80)76(10)54(42-24-25-42)57(85)70-52/h37-47,52-54H,12-36H2,1-11H3,(H,68,84)(H,69,79)(H,70,85)(H,71,83)/t38-,39+,41?,43?,44?,45-,46-,47-,52-,53-,54-/m0/s1. The van der Waals surface area contributed by atoms with E-state index in [4.69, 9.17) is 11.6 Å². The fourth-order valence-electron chi connectivity index (χ4n) is 14.2. The number of rotatable bonds is 9. The molecule has 11 atom stereocenters. The third-order valence-corrected chi connectivity index (χ3v) is 20.5. The first-order chi connectivity index (χ1) is 41.8. The summed E-state index contributed by atoms with van der Waals surface area (Å²) in [4.78, 5) is 168. The molecule has 22 nitrogen and oxygen atoms in total. The minimum atomic E-state index is -4.49. The number of likely N-dealkylation sites (N-methyl/N-ethyl adjacent to an activating group) is 6. The molecule has 3 unspecified atom stereocenters. The fraction of sp³-hybridized carbons (Fsp3) is 0.825. The van der Waals surface area contributed by atoms with Gasteiger partial charge in [-0.1, -0.05) is 79.1 Å². The second-order valence-corrected chi connectivity index (χ2v) is 27.8. The van der Waals surface area contributed by atoms with Crippen molar-refractivity contribution in [3.63, 3.8) is 0 Å². The lowest BCUT2D eigenvalue weighted by Crippen LogP contribution is -2.64. The molecule has 4 aliphatic carbocycles. The lowest BCUT2D eigenvalue weighted by atomic mass is 9.78. The molecule has 6 rings (SSSR count). The van der Waals surface area contributed by atoms with Gasteiger partial charge in [0.05, 0.1) is 25.6 Å². The van der Waals surface area contributed by atoms with Crippen molar-refractivity contribution < 1.29 is 65.9 Å². The Morgan fingerprint density at radius 3 is 1.84 bits per heavy atom. The molecular weight excluding hydrogens is 1180 g/mol. The summed E-state index contributed by atoms with van der Waals surface area (Å²) in [5.41, 5.74) is -1.47. The maximum Gasteiger partial charge on any atom is 0.393 e. The van der Waals surface area contributed by atoms with Gasteiger partial charge in [-0.3, -0.25) is 52.7 Å². The molecule has 0 aromatic carbocycles. The van der Waals surface area contributed by atoms with Crippen molar-refractivity contribution in [2.24, 2.45) is 35.5 Å². The molecule has 6 aliphatic rings. The van der Waals surface area contributed by atoms with Crippen molar-refractivity contribution in [2.75, 3.05) is 68.5 Å². The predicted molar refractivity (Wildman–Crippen MR) is 327 cm³/mol. The van der Waals surface area contributed by atoms with Gasteiger partial charge in [0.25, 0.3) is 0 Å². The van der Waals surface area contributed by atoms with E-state index in [1.807, 2.05) is 6.92 Å². The molecule has 1 spiro atoms. The second-order valence-electron chi connectivity index (χ2n) is 27.3. The summed E-state index contributed by atoms with van der Waals surface area (Å²) in [5.74, 6) is -9.53. The lowest BCUT2D eigenvalue weighted by molar-refractivity contribution is -0.182. The first-order valence-electron chi connectivity index (χ1n) is 32.6. The fourth-order valence-corrected chi connectivity index (χ4v) is 14.7. The molecule has 2 aliphatic heterocycles. The molecule has 11 amide bonds. The summed E-state index contributed by atoms with van der Waals surface area (Å²) in [7, 11) is 8.66. The molecule has 502 valence electrons. The normalized spacial score (nSPS) is 30.8. The molecule has 0 aromatic heterocycles. The largest absolute Gasteiger partial charge is 0.393 e. The van der Waals surface area contributed by atoms with E-state index >= 15 is 4.79 Å². The number of hydrogen-bond donors (Lipinski definition) is 4. The van der Waals surface area contributed by atoms with Crippen LogP contribution in [0.25, 0.3) is 0 Å². The van der Waals surface area contributed by atoms with Gasteiger partial charge in [0.1, 0.15) is 41.8 Å². The molecule has 4 saturated carbocycles. The second kappa shape index (κ2) is 31.5. The van der Waals surface area contributed by atoms with E-state index in [0.29, 0.717) is 38.5 Å². The molecule has 89 heavy (non-hydrogen) atoms. The summed E-state index contributed by atoms with van der Waals surface area (Å²) in [6, 6.07) is -7.42. The molecule has 2 heterocycles. The van der Waals surface area contributed by atoms with Crippen LogP contribution in [0, 0.1) is 35.5 Å². The molecule has 2 saturated heterocycles. The number of nitrogens with one attached hydrogen (secondary N) is 4. The average Bonchev–Trinajstić information content (AvgIpc) is 1.87. The first-order valence-corrected chi connectivity index (χ1v) is 33.0. The van der Waals surface area contributed by atoms with E-state index in [1.165, 1.54) is 66.8 Å². The Bertz CT molecular complexity index is 2560. The summed E-state index contributed by atoms with van der Waals surface area (Å²) in [5, 5.41) is 10.4. The Labute approximate surface area is 528 Å². The van der Waals surface area contributed by atoms with Gasteiger partial charge in [-0.2, -0.15) is 13.2 Å². The summed E-state index contributed by atoms with van der Waals surface area (Å²) in [6.45, 7) is 7.37. The van der Waals surface area contributed by atoms with Crippen LogP contribution in [-0.4, -0.2) is 227 Å². The summed E-state index contributed by atoms with van der Waals surface area (Å²) >= 11 is 6.35. The van der Waals surface area contributed by atoms with Crippen LogP contribution in [0.3, 0.4) is 0 Å². The van der Waals surface area contributed by atoms with Crippen molar-refractivity contribution in [1.82, 2.24) is 55.6 Å². The minimum Gasteiger partial charge on any atom is -0.351 e. The Kier molecular flexibility index (Phi) is 25.6. The van der Waals surface area contributed by atoms with E-state index < -0.39 is 162 Å². The van der Waals surface area contributed by atoms with Gasteiger partial charge in [-0.15, -0.1) is 11.6 Å².